The van der Waals surface area contributed by atoms with Crippen molar-refractivity contribution in [1.29, 1.82) is 0 Å². The molecule has 0 spiro atoms. The molecule has 180 valence electrons. The molecule has 0 aliphatic rings. The Morgan fingerprint density at radius 2 is 1.59 bits per heavy atom. The highest BCUT2D eigenvalue weighted by Crippen LogP contribution is 2.31. The zero-order valence-corrected chi connectivity index (χ0v) is 20.0. The first-order valence-electron chi connectivity index (χ1n) is 10.8. The summed E-state index contributed by atoms with van der Waals surface area (Å²) in [6, 6.07) is 10.6. The van der Waals surface area contributed by atoms with Crippen LogP contribution < -0.4 is 14.4 Å². The number of benzene rings is 2. The van der Waals surface area contributed by atoms with Crippen LogP contribution in [0.3, 0.4) is 0 Å². The summed E-state index contributed by atoms with van der Waals surface area (Å²) in [5, 5.41) is 0. The van der Waals surface area contributed by atoms with Crippen molar-refractivity contribution < 1.29 is 33.3 Å². The van der Waals surface area contributed by atoms with Crippen molar-refractivity contribution in [2.24, 2.45) is 0 Å². The number of carbonyl (C=O) groups excluding carboxylic acids is 3. The Kier molecular flexibility index (Phi) is 9.08. The van der Waals surface area contributed by atoms with Crippen LogP contribution in [0.25, 0.3) is 0 Å². The molecule has 0 unspecified atom stereocenters. The molecule has 34 heavy (non-hydrogen) atoms. The molecule has 0 radical (unpaired) electrons. The summed E-state index contributed by atoms with van der Waals surface area (Å²) < 4.78 is 21.5. The van der Waals surface area contributed by atoms with Crippen LogP contribution in [-0.2, 0) is 9.47 Å². The predicted molar refractivity (Wildman–Crippen MR) is 127 cm³/mol. The molecule has 0 heterocycles. The van der Waals surface area contributed by atoms with Gasteiger partial charge < -0.3 is 18.9 Å². The first-order valence-corrected chi connectivity index (χ1v) is 10.8. The maximum atomic E-state index is 12.7. The molecular formula is C26H29NO7. The molecule has 0 aliphatic carbocycles. The third kappa shape index (κ3) is 7.27. The van der Waals surface area contributed by atoms with E-state index in [0.29, 0.717) is 18.0 Å². The largest absolute Gasteiger partial charge is 0.494 e. The Labute approximate surface area is 199 Å². The molecule has 0 atom stereocenters. The summed E-state index contributed by atoms with van der Waals surface area (Å²) in [5.74, 6) is 1.42. The van der Waals surface area contributed by atoms with Crippen LogP contribution in [0, 0.1) is 12.3 Å². The van der Waals surface area contributed by atoms with E-state index in [-0.39, 0.29) is 30.0 Å². The van der Waals surface area contributed by atoms with E-state index in [1.54, 1.807) is 39.8 Å². The number of amides is 1. The molecule has 0 saturated heterocycles. The standard InChI is InChI=1S/C26H29NO7/c1-7-15-27(25(30)34-26(4,5)6)21-14-13-19(17-22(21)32-9-3)24(29)33-23(28)18-11-10-12-20(16-18)31-8-2/h1,10-14,16-17H,8-9,15H2,2-6H3. The molecule has 0 fully saturated rings. The number of esters is 2. The van der Waals surface area contributed by atoms with Gasteiger partial charge in [0.2, 0.25) is 0 Å². The van der Waals surface area contributed by atoms with Gasteiger partial charge in [0.15, 0.2) is 0 Å². The molecule has 2 aromatic carbocycles. The first-order chi connectivity index (χ1) is 16.1. The molecule has 0 bridgehead atoms. The fourth-order valence-electron chi connectivity index (χ4n) is 2.87. The van der Waals surface area contributed by atoms with Crippen LogP contribution in [0.5, 0.6) is 11.5 Å². The van der Waals surface area contributed by atoms with Gasteiger partial charge >= 0.3 is 18.0 Å². The van der Waals surface area contributed by atoms with Crippen LogP contribution in [0.2, 0.25) is 0 Å². The van der Waals surface area contributed by atoms with Crippen molar-refractivity contribution in [2.75, 3.05) is 24.7 Å². The average Bonchev–Trinajstić information content (AvgIpc) is 2.77. The van der Waals surface area contributed by atoms with Crippen molar-refractivity contribution in [3.63, 3.8) is 0 Å². The van der Waals surface area contributed by atoms with E-state index in [0.717, 1.165) is 0 Å². The van der Waals surface area contributed by atoms with Crippen molar-refractivity contribution in [1.82, 2.24) is 0 Å². The Morgan fingerprint density at radius 3 is 2.18 bits per heavy atom. The molecule has 0 saturated carbocycles. The van der Waals surface area contributed by atoms with E-state index in [4.69, 9.17) is 25.4 Å². The second-order valence-electron chi connectivity index (χ2n) is 8.02. The van der Waals surface area contributed by atoms with Gasteiger partial charge in [-0.15, -0.1) is 6.42 Å². The number of nitrogens with zero attached hydrogens (tertiary/aromatic N) is 1. The van der Waals surface area contributed by atoms with Gasteiger partial charge in [-0.2, -0.15) is 0 Å². The van der Waals surface area contributed by atoms with Gasteiger partial charge in [-0.1, -0.05) is 12.0 Å². The van der Waals surface area contributed by atoms with E-state index in [9.17, 15) is 14.4 Å². The van der Waals surface area contributed by atoms with Gasteiger partial charge in [-0.05, 0) is 71.0 Å². The fraction of sp³-hybridized carbons (Fsp3) is 0.346. The molecule has 0 aromatic heterocycles. The zero-order valence-electron chi connectivity index (χ0n) is 20.0. The smallest absolute Gasteiger partial charge is 0.415 e. The Bertz CT molecular complexity index is 1080. The first kappa shape index (κ1) is 26.3. The normalized spacial score (nSPS) is 10.6. The van der Waals surface area contributed by atoms with Gasteiger partial charge in [0.1, 0.15) is 17.1 Å². The lowest BCUT2D eigenvalue weighted by molar-refractivity contribution is 0.0396. The summed E-state index contributed by atoms with van der Waals surface area (Å²) in [4.78, 5) is 39.1. The topological polar surface area (TPSA) is 91.4 Å². The minimum Gasteiger partial charge on any atom is -0.494 e. The molecule has 0 N–H and O–H groups in total. The van der Waals surface area contributed by atoms with E-state index in [1.165, 1.54) is 35.2 Å². The number of carbonyl (C=O) groups is 3. The minimum atomic E-state index is -0.875. The van der Waals surface area contributed by atoms with E-state index < -0.39 is 23.6 Å². The number of terminal acetylenes is 1. The van der Waals surface area contributed by atoms with Gasteiger partial charge in [-0.25, -0.2) is 14.4 Å². The molecule has 1 amide bonds. The second kappa shape index (κ2) is 11.8. The lowest BCUT2D eigenvalue weighted by Gasteiger charge is -2.27. The van der Waals surface area contributed by atoms with Gasteiger partial charge in [0.05, 0.1) is 36.6 Å². The highest BCUT2D eigenvalue weighted by atomic mass is 16.6. The Morgan fingerprint density at radius 1 is 0.941 bits per heavy atom. The fourth-order valence-corrected chi connectivity index (χ4v) is 2.87. The zero-order chi connectivity index (χ0) is 25.3. The highest BCUT2D eigenvalue weighted by molar-refractivity contribution is 6.03. The quantitative estimate of drug-likeness (QED) is 0.311. The Hall–Kier alpha value is -3.99. The number of anilines is 1. The van der Waals surface area contributed by atoms with Gasteiger partial charge in [-0.3, -0.25) is 4.90 Å². The van der Waals surface area contributed by atoms with Crippen molar-refractivity contribution in [3.8, 4) is 23.8 Å². The van der Waals surface area contributed by atoms with Crippen LogP contribution in [0.15, 0.2) is 42.5 Å². The van der Waals surface area contributed by atoms with E-state index in [2.05, 4.69) is 5.92 Å². The summed E-state index contributed by atoms with van der Waals surface area (Å²) in [6.07, 6.45) is 4.79. The van der Waals surface area contributed by atoms with Crippen molar-refractivity contribution in [3.05, 3.63) is 53.6 Å². The van der Waals surface area contributed by atoms with Gasteiger partial charge in [0, 0.05) is 0 Å². The van der Waals surface area contributed by atoms with Crippen LogP contribution in [0.4, 0.5) is 10.5 Å². The van der Waals surface area contributed by atoms with Crippen LogP contribution in [-0.4, -0.2) is 43.4 Å². The molecule has 2 aromatic rings. The highest BCUT2D eigenvalue weighted by Gasteiger charge is 2.26. The van der Waals surface area contributed by atoms with Crippen molar-refractivity contribution in [2.45, 2.75) is 40.2 Å². The molecule has 8 heteroatoms. The third-order valence-electron chi connectivity index (χ3n) is 4.22. The van der Waals surface area contributed by atoms with Crippen molar-refractivity contribution >= 4 is 23.7 Å². The number of rotatable bonds is 8. The van der Waals surface area contributed by atoms with Crippen LogP contribution in [0.1, 0.15) is 55.3 Å². The molecule has 2 rings (SSSR count). The SMILES string of the molecule is C#CCN(C(=O)OC(C)(C)C)c1ccc(C(=O)OC(=O)c2cccc(OCC)c2)cc1OCC. The summed E-state index contributed by atoms with van der Waals surface area (Å²) in [6.45, 7) is 9.41. The maximum Gasteiger partial charge on any atom is 0.415 e. The monoisotopic (exact) mass is 467 g/mol. The average molecular weight is 468 g/mol. The number of hydrogen-bond donors (Lipinski definition) is 0. The summed E-state index contributed by atoms with van der Waals surface area (Å²) in [5.41, 5.74) is -0.182. The lowest BCUT2D eigenvalue weighted by Crippen LogP contribution is -2.37. The second-order valence-corrected chi connectivity index (χ2v) is 8.02. The lowest BCUT2D eigenvalue weighted by atomic mass is 10.1. The van der Waals surface area contributed by atoms with E-state index >= 15 is 0 Å². The Balaban J connectivity index is 2.30. The molecule has 0 aliphatic heterocycles. The summed E-state index contributed by atoms with van der Waals surface area (Å²) in [7, 11) is 0. The van der Waals surface area contributed by atoms with Gasteiger partial charge in [0.25, 0.3) is 0 Å². The maximum absolute atomic E-state index is 12.7. The van der Waals surface area contributed by atoms with Crippen LogP contribution >= 0.6 is 0 Å². The number of ether oxygens (including phenoxy) is 4. The minimum absolute atomic E-state index is 0.0614. The third-order valence-corrected chi connectivity index (χ3v) is 4.22. The van der Waals surface area contributed by atoms with E-state index in [1.807, 2.05) is 6.92 Å². The molecular weight excluding hydrogens is 438 g/mol. The predicted octanol–water partition coefficient (Wildman–Crippen LogP) is 4.86. The summed E-state index contributed by atoms with van der Waals surface area (Å²) >= 11 is 0. The molecule has 8 nitrogen and oxygen atoms in total. The number of hydrogen-bond acceptors (Lipinski definition) is 7.